The van der Waals surface area contributed by atoms with Crippen LogP contribution in [0.1, 0.15) is 20.8 Å². The van der Waals surface area contributed by atoms with Gasteiger partial charge in [-0.2, -0.15) is 0 Å². The molecular formula is C7H17N2. The Balaban J connectivity index is 3.09. The van der Waals surface area contributed by atoms with Gasteiger partial charge in [0.15, 0.2) is 0 Å². The summed E-state index contributed by atoms with van der Waals surface area (Å²) >= 11 is 0. The van der Waals surface area contributed by atoms with E-state index in [4.69, 9.17) is 0 Å². The van der Waals surface area contributed by atoms with Crippen molar-refractivity contribution in [3.05, 3.63) is 0 Å². The van der Waals surface area contributed by atoms with Gasteiger partial charge >= 0.3 is 0 Å². The first-order valence-electron chi connectivity index (χ1n) is 3.70. The van der Waals surface area contributed by atoms with Crippen molar-refractivity contribution in [2.24, 2.45) is 0 Å². The lowest BCUT2D eigenvalue weighted by molar-refractivity contribution is 0.279. The van der Waals surface area contributed by atoms with Crippen LogP contribution in [0.25, 0.3) is 0 Å². The van der Waals surface area contributed by atoms with Crippen LogP contribution >= 0.6 is 0 Å². The summed E-state index contributed by atoms with van der Waals surface area (Å²) in [5.41, 5.74) is 0. The van der Waals surface area contributed by atoms with E-state index in [1.165, 1.54) is 0 Å². The van der Waals surface area contributed by atoms with E-state index in [0.717, 1.165) is 26.3 Å². The first-order chi connectivity index (χ1) is 4.35. The summed E-state index contributed by atoms with van der Waals surface area (Å²) in [5.74, 6) is 0. The molecule has 55 valence electrons. The second kappa shape index (κ2) is 6.05. The quantitative estimate of drug-likeness (QED) is 0.539. The van der Waals surface area contributed by atoms with Crippen LogP contribution in [0.15, 0.2) is 0 Å². The molecule has 0 aromatic rings. The highest BCUT2D eigenvalue weighted by Gasteiger charge is 1.94. The van der Waals surface area contributed by atoms with Crippen LogP contribution in [0.3, 0.4) is 0 Å². The molecule has 0 bridgehead atoms. The molecule has 0 aliphatic carbocycles. The fourth-order valence-corrected chi connectivity index (χ4v) is 0.665. The monoisotopic (exact) mass is 129 g/mol. The molecule has 0 saturated heterocycles. The van der Waals surface area contributed by atoms with Gasteiger partial charge in [0.25, 0.3) is 0 Å². The van der Waals surface area contributed by atoms with Crippen LogP contribution < -0.4 is 5.32 Å². The molecule has 0 aliphatic heterocycles. The van der Waals surface area contributed by atoms with E-state index in [1.54, 1.807) is 0 Å². The Morgan fingerprint density at radius 3 is 2.00 bits per heavy atom. The predicted molar refractivity (Wildman–Crippen MR) is 40.5 cm³/mol. The van der Waals surface area contributed by atoms with E-state index < -0.39 is 0 Å². The van der Waals surface area contributed by atoms with Crippen molar-refractivity contribution in [3.8, 4) is 0 Å². The highest BCUT2D eigenvalue weighted by Crippen LogP contribution is 1.82. The molecule has 0 heterocycles. The number of hydrogen-bond acceptors (Lipinski definition) is 1. The minimum atomic E-state index is 0.906. The number of hydrogen-bond donors (Lipinski definition) is 0. The molecule has 0 spiro atoms. The van der Waals surface area contributed by atoms with E-state index in [-0.39, 0.29) is 0 Å². The molecule has 0 amide bonds. The molecular weight excluding hydrogens is 112 g/mol. The van der Waals surface area contributed by atoms with Crippen LogP contribution in [0, 0.1) is 0 Å². The summed E-state index contributed by atoms with van der Waals surface area (Å²) in [7, 11) is 0. The zero-order chi connectivity index (χ0) is 7.11. The van der Waals surface area contributed by atoms with Crippen molar-refractivity contribution in [2.75, 3.05) is 26.3 Å². The topological polar surface area (TPSA) is 17.3 Å². The van der Waals surface area contributed by atoms with E-state index >= 15 is 0 Å². The third-order valence-electron chi connectivity index (χ3n) is 1.42. The van der Waals surface area contributed by atoms with Gasteiger partial charge in [-0.1, -0.05) is 20.8 Å². The van der Waals surface area contributed by atoms with Gasteiger partial charge in [-0.3, -0.25) is 4.90 Å². The Morgan fingerprint density at radius 1 is 1.11 bits per heavy atom. The molecule has 0 aliphatic rings. The average Bonchev–Trinajstić information content (AvgIpc) is 1.91. The largest absolute Gasteiger partial charge is 0.290 e. The summed E-state index contributed by atoms with van der Waals surface area (Å²) in [6.07, 6.45) is 0. The average molecular weight is 129 g/mol. The minimum Gasteiger partial charge on any atom is -0.290 e. The molecule has 1 radical (unpaired) electrons. The normalized spacial score (nSPS) is 10.7. The second-order valence-corrected chi connectivity index (χ2v) is 1.98. The molecule has 0 N–H and O–H groups in total. The van der Waals surface area contributed by atoms with Gasteiger partial charge in [0.2, 0.25) is 0 Å². The maximum absolute atomic E-state index is 4.24. The Bertz CT molecular complexity index is 50.9. The smallest absolute Gasteiger partial charge is 0.0648 e. The third-order valence-corrected chi connectivity index (χ3v) is 1.42. The zero-order valence-corrected chi connectivity index (χ0v) is 6.72. The third kappa shape index (κ3) is 4.43. The van der Waals surface area contributed by atoms with Crippen LogP contribution in [0.2, 0.25) is 0 Å². The van der Waals surface area contributed by atoms with Crippen molar-refractivity contribution >= 4 is 0 Å². The molecule has 0 aromatic carbocycles. The maximum Gasteiger partial charge on any atom is 0.0648 e. The zero-order valence-electron chi connectivity index (χ0n) is 6.72. The Labute approximate surface area is 58.2 Å². The van der Waals surface area contributed by atoms with E-state index in [2.05, 4.69) is 31.0 Å². The number of nitrogens with zero attached hydrogens (tertiary/aromatic N) is 2. The maximum atomic E-state index is 4.24. The highest BCUT2D eigenvalue weighted by atomic mass is 15.2. The van der Waals surface area contributed by atoms with Crippen LogP contribution in [0.4, 0.5) is 0 Å². The SMILES string of the molecule is CC[N]CN(CC)CC. The minimum absolute atomic E-state index is 0.906. The van der Waals surface area contributed by atoms with Gasteiger partial charge in [0, 0.05) is 6.54 Å². The van der Waals surface area contributed by atoms with E-state index in [0.29, 0.717) is 0 Å². The van der Waals surface area contributed by atoms with E-state index in [9.17, 15) is 0 Å². The number of rotatable bonds is 5. The molecule has 0 saturated carbocycles. The van der Waals surface area contributed by atoms with E-state index in [1.807, 2.05) is 0 Å². The summed E-state index contributed by atoms with van der Waals surface area (Å²) in [4.78, 5) is 2.30. The molecule has 9 heavy (non-hydrogen) atoms. The van der Waals surface area contributed by atoms with Crippen molar-refractivity contribution in [3.63, 3.8) is 0 Å². The standard InChI is InChI=1S/C7H17N2/c1-4-8-7-9(5-2)6-3/h4-7H2,1-3H3. The van der Waals surface area contributed by atoms with Gasteiger partial charge in [-0.25, -0.2) is 5.32 Å². The first kappa shape index (κ1) is 8.92. The van der Waals surface area contributed by atoms with Gasteiger partial charge in [-0.05, 0) is 13.1 Å². The molecule has 0 rings (SSSR count). The van der Waals surface area contributed by atoms with Crippen LogP contribution in [-0.4, -0.2) is 31.2 Å². The summed E-state index contributed by atoms with van der Waals surface area (Å²) < 4.78 is 0. The lowest BCUT2D eigenvalue weighted by Crippen LogP contribution is -2.29. The lowest BCUT2D eigenvalue weighted by atomic mass is 10.5. The fourth-order valence-electron chi connectivity index (χ4n) is 0.665. The Hall–Kier alpha value is -0.0800. The fraction of sp³-hybridized carbons (Fsp3) is 1.00. The molecule has 2 nitrogen and oxygen atoms in total. The summed E-state index contributed by atoms with van der Waals surface area (Å²) in [6, 6.07) is 0. The predicted octanol–water partition coefficient (Wildman–Crippen LogP) is 0.910. The van der Waals surface area contributed by atoms with Crippen LogP contribution in [0.5, 0.6) is 0 Å². The highest BCUT2D eigenvalue weighted by molar-refractivity contribution is 4.47. The summed E-state index contributed by atoms with van der Waals surface area (Å²) in [6.45, 7) is 10.5. The van der Waals surface area contributed by atoms with Gasteiger partial charge < -0.3 is 0 Å². The van der Waals surface area contributed by atoms with Crippen molar-refractivity contribution in [2.45, 2.75) is 20.8 Å². The Kier molecular flexibility index (Phi) is 5.99. The van der Waals surface area contributed by atoms with Gasteiger partial charge in [-0.15, -0.1) is 0 Å². The molecule has 0 aromatic heterocycles. The van der Waals surface area contributed by atoms with Crippen LogP contribution in [-0.2, 0) is 0 Å². The van der Waals surface area contributed by atoms with Gasteiger partial charge in [0.05, 0.1) is 6.67 Å². The first-order valence-corrected chi connectivity index (χ1v) is 3.70. The van der Waals surface area contributed by atoms with Crippen molar-refractivity contribution in [1.82, 2.24) is 10.2 Å². The molecule has 0 unspecified atom stereocenters. The Morgan fingerprint density at radius 2 is 1.67 bits per heavy atom. The molecule has 0 fully saturated rings. The van der Waals surface area contributed by atoms with Gasteiger partial charge in [0.1, 0.15) is 0 Å². The summed E-state index contributed by atoms with van der Waals surface area (Å²) in [5, 5.41) is 4.24. The van der Waals surface area contributed by atoms with Crippen molar-refractivity contribution in [1.29, 1.82) is 0 Å². The molecule has 0 atom stereocenters. The van der Waals surface area contributed by atoms with Crippen molar-refractivity contribution < 1.29 is 0 Å². The lowest BCUT2D eigenvalue weighted by Gasteiger charge is -2.16. The second-order valence-electron chi connectivity index (χ2n) is 1.98. The molecule has 2 heteroatoms.